The zero-order valence-electron chi connectivity index (χ0n) is 12.8. The fourth-order valence-electron chi connectivity index (χ4n) is 2.80. The summed E-state index contributed by atoms with van der Waals surface area (Å²) in [5.74, 6) is -0.884. The van der Waals surface area contributed by atoms with Gasteiger partial charge in [0.2, 0.25) is 5.75 Å². The van der Waals surface area contributed by atoms with E-state index in [4.69, 9.17) is 0 Å². The van der Waals surface area contributed by atoms with E-state index in [1.165, 1.54) is 5.56 Å². The van der Waals surface area contributed by atoms with E-state index in [1.54, 1.807) is 0 Å². The van der Waals surface area contributed by atoms with Crippen LogP contribution >= 0.6 is 0 Å². The molecule has 112 valence electrons. The van der Waals surface area contributed by atoms with Gasteiger partial charge in [0.05, 0.1) is 0 Å². The Morgan fingerprint density at radius 3 is 1.71 bits per heavy atom. The van der Waals surface area contributed by atoms with E-state index in [9.17, 15) is 15.3 Å². The minimum Gasteiger partial charge on any atom is -0.504 e. The van der Waals surface area contributed by atoms with Crippen LogP contribution in [0.3, 0.4) is 0 Å². The first-order valence-electron chi connectivity index (χ1n) is 7.42. The molecule has 2 rings (SSSR count). The van der Waals surface area contributed by atoms with Crippen molar-refractivity contribution in [2.24, 2.45) is 0 Å². The summed E-state index contributed by atoms with van der Waals surface area (Å²) in [6.45, 7) is 5.99. The van der Waals surface area contributed by atoms with E-state index in [0.29, 0.717) is 24.0 Å². The van der Waals surface area contributed by atoms with Gasteiger partial charge >= 0.3 is 0 Å². The van der Waals surface area contributed by atoms with Gasteiger partial charge in [0.25, 0.3) is 0 Å². The number of phenolic OH excluding ortho intramolecular Hbond substituents is 3. The van der Waals surface area contributed by atoms with E-state index in [1.807, 2.05) is 38.1 Å². The highest BCUT2D eigenvalue weighted by Gasteiger charge is 2.22. The number of phenols is 3. The molecule has 2 aromatic rings. The molecule has 0 aliphatic heterocycles. The van der Waals surface area contributed by atoms with Crippen molar-refractivity contribution in [2.75, 3.05) is 0 Å². The van der Waals surface area contributed by atoms with E-state index < -0.39 is 5.75 Å². The molecule has 0 saturated carbocycles. The monoisotopic (exact) mass is 286 g/mol. The van der Waals surface area contributed by atoms with E-state index in [2.05, 4.69) is 6.92 Å². The highest BCUT2D eigenvalue weighted by molar-refractivity contribution is 5.81. The molecule has 0 spiro atoms. The lowest BCUT2D eigenvalue weighted by molar-refractivity contribution is 0.365. The standard InChI is InChI=1S/C18H22O3/c1-4-11-7-9-12(10-8-11)15-13(5-2)14(6-3)16(19)18(21)17(15)20/h7-10,19-21H,4-6H2,1-3H3. The molecule has 0 aromatic heterocycles. The molecule has 0 saturated heterocycles. The molecule has 0 radical (unpaired) electrons. The van der Waals surface area contributed by atoms with Crippen molar-refractivity contribution in [3.63, 3.8) is 0 Å². The predicted molar refractivity (Wildman–Crippen MR) is 85.0 cm³/mol. The van der Waals surface area contributed by atoms with Gasteiger partial charge in [0.15, 0.2) is 11.5 Å². The minimum atomic E-state index is -0.432. The Labute approximate surface area is 125 Å². The molecule has 0 bridgehead atoms. The lowest BCUT2D eigenvalue weighted by Gasteiger charge is -2.18. The average Bonchev–Trinajstić information content (AvgIpc) is 2.52. The number of hydrogen-bond acceptors (Lipinski definition) is 3. The first-order chi connectivity index (χ1) is 10.0. The normalized spacial score (nSPS) is 10.8. The molecule has 21 heavy (non-hydrogen) atoms. The van der Waals surface area contributed by atoms with Gasteiger partial charge in [-0.15, -0.1) is 0 Å². The largest absolute Gasteiger partial charge is 0.504 e. The summed E-state index contributed by atoms with van der Waals surface area (Å²) in [6.07, 6.45) is 2.23. The maximum Gasteiger partial charge on any atom is 0.201 e. The second-order valence-electron chi connectivity index (χ2n) is 5.14. The molecule has 3 N–H and O–H groups in total. The van der Waals surface area contributed by atoms with Crippen molar-refractivity contribution in [3.8, 4) is 28.4 Å². The van der Waals surface area contributed by atoms with Crippen molar-refractivity contribution in [2.45, 2.75) is 40.0 Å². The Kier molecular flexibility index (Phi) is 4.41. The summed E-state index contributed by atoms with van der Waals surface area (Å²) >= 11 is 0. The van der Waals surface area contributed by atoms with Crippen molar-refractivity contribution in [3.05, 3.63) is 41.0 Å². The van der Waals surface area contributed by atoms with Crippen LogP contribution in [0.4, 0.5) is 0 Å². The summed E-state index contributed by atoms with van der Waals surface area (Å²) in [4.78, 5) is 0. The molecule has 0 amide bonds. The number of benzene rings is 2. The molecule has 0 atom stereocenters. The fourth-order valence-corrected chi connectivity index (χ4v) is 2.80. The van der Waals surface area contributed by atoms with Crippen LogP contribution in [0, 0.1) is 0 Å². The first-order valence-corrected chi connectivity index (χ1v) is 7.42. The molecule has 0 fully saturated rings. The highest BCUT2D eigenvalue weighted by atomic mass is 16.3. The third kappa shape index (κ3) is 2.56. The SMILES string of the molecule is CCc1ccc(-c2c(O)c(O)c(O)c(CC)c2CC)cc1. The lowest BCUT2D eigenvalue weighted by Crippen LogP contribution is -1.97. The Balaban J connectivity index is 2.74. The second kappa shape index (κ2) is 6.08. The van der Waals surface area contributed by atoms with Gasteiger partial charge in [-0.1, -0.05) is 45.0 Å². The van der Waals surface area contributed by atoms with Crippen molar-refractivity contribution in [1.82, 2.24) is 0 Å². The van der Waals surface area contributed by atoms with Gasteiger partial charge < -0.3 is 15.3 Å². The smallest absolute Gasteiger partial charge is 0.201 e. The topological polar surface area (TPSA) is 60.7 Å². The molecule has 0 heterocycles. The van der Waals surface area contributed by atoms with Crippen LogP contribution in [0.1, 0.15) is 37.5 Å². The van der Waals surface area contributed by atoms with Crippen LogP contribution in [-0.4, -0.2) is 15.3 Å². The summed E-state index contributed by atoms with van der Waals surface area (Å²) in [7, 11) is 0. The maximum atomic E-state index is 10.3. The van der Waals surface area contributed by atoms with Crippen LogP contribution in [0.15, 0.2) is 24.3 Å². The van der Waals surface area contributed by atoms with Crippen LogP contribution < -0.4 is 0 Å². The van der Waals surface area contributed by atoms with Crippen molar-refractivity contribution < 1.29 is 15.3 Å². The quantitative estimate of drug-likeness (QED) is 0.740. The molecular weight excluding hydrogens is 264 g/mol. The lowest BCUT2D eigenvalue weighted by atomic mass is 9.90. The van der Waals surface area contributed by atoms with Gasteiger partial charge in [-0.3, -0.25) is 0 Å². The summed E-state index contributed by atoms with van der Waals surface area (Å²) in [6, 6.07) is 7.93. The highest BCUT2D eigenvalue weighted by Crippen LogP contribution is 2.48. The summed E-state index contributed by atoms with van der Waals surface area (Å²) < 4.78 is 0. The molecular formula is C18H22O3. The number of rotatable bonds is 4. The molecule has 3 heteroatoms. The molecule has 0 aliphatic carbocycles. The van der Waals surface area contributed by atoms with Crippen LogP contribution in [0.5, 0.6) is 17.2 Å². The zero-order chi connectivity index (χ0) is 15.6. The Morgan fingerprint density at radius 2 is 1.24 bits per heavy atom. The van der Waals surface area contributed by atoms with E-state index >= 15 is 0 Å². The first kappa shape index (κ1) is 15.2. The molecule has 0 unspecified atom stereocenters. The Bertz CT molecular complexity index is 643. The van der Waals surface area contributed by atoms with Crippen LogP contribution in [-0.2, 0) is 19.3 Å². The van der Waals surface area contributed by atoms with Crippen molar-refractivity contribution >= 4 is 0 Å². The Hall–Kier alpha value is -2.16. The second-order valence-corrected chi connectivity index (χ2v) is 5.14. The van der Waals surface area contributed by atoms with Gasteiger partial charge in [-0.25, -0.2) is 0 Å². The van der Waals surface area contributed by atoms with Crippen molar-refractivity contribution in [1.29, 1.82) is 0 Å². The third-order valence-electron chi connectivity index (χ3n) is 4.00. The molecule has 2 aromatic carbocycles. The van der Waals surface area contributed by atoms with Gasteiger partial charge in [-0.05, 0) is 36.0 Å². The number of aromatic hydroxyl groups is 3. The van der Waals surface area contributed by atoms with Gasteiger partial charge in [0.1, 0.15) is 0 Å². The molecule has 0 aliphatic rings. The minimum absolute atomic E-state index is 0.208. The van der Waals surface area contributed by atoms with Gasteiger partial charge in [0, 0.05) is 11.1 Å². The van der Waals surface area contributed by atoms with Gasteiger partial charge in [-0.2, -0.15) is 0 Å². The van der Waals surface area contributed by atoms with Crippen LogP contribution in [0.25, 0.3) is 11.1 Å². The average molecular weight is 286 g/mol. The van der Waals surface area contributed by atoms with Crippen LogP contribution in [0.2, 0.25) is 0 Å². The van der Waals surface area contributed by atoms with E-state index in [-0.39, 0.29) is 11.5 Å². The predicted octanol–water partition coefficient (Wildman–Crippen LogP) is 4.16. The fraction of sp³-hybridized carbons (Fsp3) is 0.333. The Morgan fingerprint density at radius 1 is 0.667 bits per heavy atom. The van der Waals surface area contributed by atoms with E-state index in [0.717, 1.165) is 17.5 Å². The number of aryl methyl sites for hydroxylation is 1. The zero-order valence-corrected chi connectivity index (χ0v) is 12.8. The number of hydrogen-bond donors (Lipinski definition) is 3. The maximum absolute atomic E-state index is 10.3. The summed E-state index contributed by atoms with van der Waals surface area (Å²) in [5.41, 5.74) is 4.27. The summed E-state index contributed by atoms with van der Waals surface area (Å²) in [5, 5.41) is 30.3. The molecule has 3 nitrogen and oxygen atoms in total. The third-order valence-corrected chi connectivity index (χ3v) is 4.00.